The Kier molecular flexibility index (Phi) is 2.90. The normalized spacial score (nSPS) is 15.8. The summed E-state index contributed by atoms with van der Waals surface area (Å²) >= 11 is 6.40. The minimum absolute atomic E-state index is 0.0253. The monoisotopic (exact) mass is 292 g/mol. The molecule has 0 aliphatic carbocycles. The Morgan fingerprint density at radius 3 is 2.48 bits per heavy atom. The molecular formula is C18H13ClN2. The highest BCUT2D eigenvalue weighted by atomic mass is 35.5. The van der Waals surface area contributed by atoms with E-state index in [9.17, 15) is 0 Å². The Morgan fingerprint density at radius 1 is 0.857 bits per heavy atom. The van der Waals surface area contributed by atoms with Gasteiger partial charge in [0, 0.05) is 23.0 Å². The third kappa shape index (κ3) is 1.99. The van der Waals surface area contributed by atoms with Crippen molar-refractivity contribution >= 4 is 17.3 Å². The zero-order chi connectivity index (χ0) is 14.2. The first kappa shape index (κ1) is 12.4. The Morgan fingerprint density at radius 2 is 1.62 bits per heavy atom. The second-order valence-corrected chi connectivity index (χ2v) is 5.45. The lowest BCUT2D eigenvalue weighted by Gasteiger charge is -2.30. The number of hydrogen-bond donors (Lipinski definition) is 1. The molecule has 2 aromatic carbocycles. The van der Waals surface area contributed by atoms with E-state index in [1.165, 1.54) is 11.1 Å². The highest BCUT2D eigenvalue weighted by molar-refractivity contribution is 6.30. The van der Waals surface area contributed by atoms with Crippen LogP contribution < -0.4 is 5.32 Å². The van der Waals surface area contributed by atoms with Crippen molar-refractivity contribution in [3.63, 3.8) is 0 Å². The third-order valence-electron chi connectivity index (χ3n) is 3.88. The lowest BCUT2D eigenvalue weighted by Crippen LogP contribution is -2.19. The third-order valence-corrected chi connectivity index (χ3v) is 4.18. The molecule has 0 bridgehead atoms. The summed E-state index contributed by atoms with van der Waals surface area (Å²) < 4.78 is 0. The van der Waals surface area contributed by atoms with Gasteiger partial charge in [0.05, 0.1) is 6.04 Å². The van der Waals surface area contributed by atoms with Gasteiger partial charge >= 0.3 is 0 Å². The van der Waals surface area contributed by atoms with E-state index in [-0.39, 0.29) is 6.04 Å². The topological polar surface area (TPSA) is 24.9 Å². The largest absolute Gasteiger partial charge is 0.374 e. The molecule has 1 aliphatic rings. The summed E-state index contributed by atoms with van der Waals surface area (Å²) in [6.07, 6.45) is 1.77. The number of benzene rings is 2. The van der Waals surface area contributed by atoms with E-state index in [4.69, 9.17) is 11.6 Å². The number of fused-ring (bicyclic) bond motifs is 3. The molecule has 102 valence electrons. The molecule has 2 heterocycles. The molecule has 1 aliphatic heterocycles. The first-order valence-corrected chi connectivity index (χ1v) is 7.27. The zero-order valence-corrected chi connectivity index (χ0v) is 12.0. The van der Waals surface area contributed by atoms with Crippen molar-refractivity contribution in [2.75, 3.05) is 5.32 Å². The van der Waals surface area contributed by atoms with Crippen LogP contribution in [0.15, 0.2) is 66.9 Å². The van der Waals surface area contributed by atoms with Crippen molar-refractivity contribution in [1.29, 1.82) is 0 Å². The lowest BCUT2D eigenvalue weighted by atomic mass is 9.88. The first-order valence-electron chi connectivity index (χ1n) is 6.90. The summed E-state index contributed by atoms with van der Waals surface area (Å²) in [5, 5.41) is 4.14. The van der Waals surface area contributed by atoms with Crippen LogP contribution in [0.2, 0.25) is 5.15 Å². The van der Waals surface area contributed by atoms with Crippen molar-refractivity contribution in [3.8, 4) is 11.1 Å². The van der Waals surface area contributed by atoms with Crippen molar-refractivity contribution in [3.05, 3.63) is 83.1 Å². The molecule has 0 spiro atoms. The van der Waals surface area contributed by atoms with Crippen molar-refractivity contribution in [2.24, 2.45) is 0 Å². The molecule has 0 amide bonds. The number of nitrogens with one attached hydrogen (secondary N) is 1. The van der Waals surface area contributed by atoms with E-state index in [1.54, 1.807) is 6.20 Å². The highest BCUT2D eigenvalue weighted by Crippen LogP contribution is 2.44. The fourth-order valence-corrected chi connectivity index (χ4v) is 3.19. The predicted molar refractivity (Wildman–Crippen MR) is 86.6 cm³/mol. The molecule has 0 fully saturated rings. The lowest BCUT2D eigenvalue weighted by molar-refractivity contribution is 0.919. The number of anilines is 1. The Hall–Kier alpha value is -2.32. The van der Waals surface area contributed by atoms with Gasteiger partial charge in [-0.05, 0) is 23.3 Å². The van der Waals surface area contributed by atoms with Crippen LogP contribution in [0.5, 0.6) is 0 Å². The van der Waals surface area contributed by atoms with Crippen LogP contribution in [0.4, 0.5) is 5.69 Å². The molecule has 0 saturated heterocycles. The maximum Gasteiger partial charge on any atom is 0.135 e. The number of pyridine rings is 1. The standard InChI is InChI=1S/C18H13ClN2/c19-18-16-14(10-11-20-18)13-8-4-5-9-15(13)21-17(16)12-6-2-1-3-7-12/h1-11,17,21H. The molecule has 0 radical (unpaired) electrons. The zero-order valence-electron chi connectivity index (χ0n) is 11.3. The van der Waals surface area contributed by atoms with E-state index in [1.807, 2.05) is 36.4 Å². The van der Waals surface area contributed by atoms with E-state index in [0.29, 0.717) is 5.15 Å². The second-order valence-electron chi connectivity index (χ2n) is 5.10. The number of hydrogen-bond acceptors (Lipinski definition) is 2. The van der Waals surface area contributed by atoms with Gasteiger partial charge in [0.1, 0.15) is 5.15 Å². The summed E-state index contributed by atoms with van der Waals surface area (Å²) in [5.74, 6) is 0. The van der Waals surface area contributed by atoms with E-state index >= 15 is 0 Å². The minimum Gasteiger partial charge on any atom is -0.374 e. The molecular weight excluding hydrogens is 280 g/mol. The second kappa shape index (κ2) is 4.90. The molecule has 0 saturated carbocycles. The highest BCUT2D eigenvalue weighted by Gasteiger charge is 2.27. The molecule has 3 aromatic rings. The molecule has 3 heteroatoms. The molecule has 1 atom stereocenters. The van der Waals surface area contributed by atoms with Crippen molar-refractivity contribution < 1.29 is 0 Å². The SMILES string of the molecule is Clc1nccc2c1C(c1ccccc1)Nc1ccccc1-2. The van der Waals surface area contributed by atoms with Gasteiger partial charge in [-0.3, -0.25) is 0 Å². The summed E-state index contributed by atoms with van der Waals surface area (Å²) in [7, 11) is 0. The number of para-hydroxylation sites is 1. The van der Waals surface area contributed by atoms with Crippen LogP contribution in [0, 0.1) is 0 Å². The Bertz CT molecular complexity index is 799. The van der Waals surface area contributed by atoms with E-state index < -0.39 is 0 Å². The molecule has 21 heavy (non-hydrogen) atoms. The van der Waals surface area contributed by atoms with Gasteiger partial charge in [-0.15, -0.1) is 0 Å². The van der Waals surface area contributed by atoms with Crippen molar-refractivity contribution in [2.45, 2.75) is 6.04 Å². The van der Waals surface area contributed by atoms with Gasteiger partial charge < -0.3 is 5.32 Å². The van der Waals surface area contributed by atoms with Gasteiger partial charge in [0.15, 0.2) is 0 Å². The maximum absolute atomic E-state index is 6.40. The molecule has 1 aromatic heterocycles. The van der Waals surface area contributed by atoms with E-state index in [2.05, 4.69) is 34.6 Å². The summed E-state index contributed by atoms with van der Waals surface area (Å²) in [4.78, 5) is 4.27. The molecule has 4 rings (SSSR count). The summed E-state index contributed by atoms with van der Waals surface area (Å²) in [6.45, 7) is 0. The van der Waals surface area contributed by atoms with Crippen molar-refractivity contribution in [1.82, 2.24) is 4.98 Å². The fraction of sp³-hybridized carbons (Fsp3) is 0.0556. The number of aromatic nitrogens is 1. The fourth-order valence-electron chi connectivity index (χ4n) is 2.92. The van der Waals surface area contributed by atoms with Gasteiger partial charge in [-0.2, -0.15) is 0 Å². The molecule has 1 N–H and O–H groups in total. The summed E-state index contributed by atoms with van der Waals surface area (Å²) in [6, 6.07) is 20.7. The van der Waals surface area contributed by atoms with Gasteiger partial charge in [-0.25, -0.2) is 4.98 Å². The van der Waals surface area contributed by atoms with Crippen LogP contribution in [0.1, 0.15) is 17.2 Å². The number of halogens is 1. The van der Waals surface area contributed by atoms with Crippen LogP contribution in [0.25, 0.3) is 11.1 Å². The van der Waals surface area contributed by atoms with Gasteiger partial charge in [-0.1, -0.05) is 60.1 Å². The minimum atomic E-state index is 0.0253. The molecule has 2 nitrogen and oxygen atoms in total. The predicted octanol–water partition coefficient (Wildman–Crippen LogP) is 4.92. The smallest absolute Gasteiger partial charge is 0.135 e. The quantitative estimate of drug-likeness (QED) is 0.644. The molecule has 1 unspecified atom stereocenters. The first-order chi connectivity index (χ1) is 10.3. The van der Waals surface area contributed by atoms with Crippen LogP contribution in [-0.2, 0) is 0 Å². The summed E-state index contributed by atoms with van der Waals surface area (Å²) in [5.41, 5.74) is 5.68. The van der Waals surface area contributed by atoms with Crippen LogP contribution >= 0.6 is 11.6 Å². The van der Waals surface area contributed by atoms with Crippen LogP contribution in [-0.4, -0.2) is 4.98 Å². The maximum atomic E-state index is 6.40. The average Bonchev–Trinajstić information content (AvgIpc) is 2.55. The number of nitrogens with zero attached hydrogens (tertiary/aromatic N) is 1. The van der Waals surface area contributed by atoms with Crippen LogP contribution in [0.3, 0.4) is 0 Å². The van der Waals surface area contributed by atoms with Gasteiger partial charge in [0.2, 0.25) is 0 Å². The average molecular weight is 293 g/mol. The van der Waals surface area contributed by atoms with E-state index in [0.717, 1.165) is 16.8 Å². The Labute approximate surface area is 128 Å². The van der Waals surface area contributed by atoms with Gasteiger partial charge in [0.25, 0.3) is 0 Å². The Balaban J connectivity index is 1.98. The number of rotatable bonds is 1.